The summed E-state index contributed by atoms with van der Waals surface area (Å²) in [5.41, 5.74) is 2.08. The zero-order valence-corrected chi connectivity index (χ0v) is 11.9. The van der Waals surface area contributed by atoms with E-state index < -0.39 is 0 Å². The van der Waals surface area contributed by atoms with E-state index in [1.165, 1.54) is 0 Å². The number of hydrogen-bond donors (Lipinski definition) is 2. The average molecular weight is 261 g/mol. The van der Waals surface area contributed by atoms with E-state index in [4.69, 9.17) is 0 Å². The Morgan fingerprint density at radius 2 is 2.11 bits per heavy atom. The molecule has 19 heavy (non-hydrogen) atoms. The van der Waals surface area contributed by atoms with Gasteiger partial charge < -0.3 is 15.5 Å². The van der Waals surface area contributed by atoms with Gasteiger partial charge in [0, 0.05) is 18.8 Å². The van der Waals surface area contributed by atoms with Crippen molar-refractivity contribution in [3.05, 3.63) is 29.8 Å². The highest BCUT2D eigenvalue weighted by Gasteiger charge is 2.29. The summed E-state index contributed by atoms with van der Waals surface area (Å²) in [6, 6.07) is 8.01. The van der Waals surface area contributed by atoms with E-state index in [0.717, 1.165) is 30.9 Å². The van der Waals surface area contributed by atoms with Gasteiger partial charge in [0.1, 0.15) is 0 Å². The molecule has 0 saturated carbocycles. The van der Waals surface area contributed by atoms with Crippen molar-refractivity contribution in [3.63, 3.8) is 0 Å². The molecule has 0 radical (unpaired) electrons. The van der Waals surface area contributed by atoms with Gasteiger partial charge in [-0.3, -0.25) is 4.79 Å². The predicted molar refractivity (Wildman–Crippen MR) is 78.0 cm³/mol. The Hall–Kier alpha value is -1.39. The molecule has 4 nitrogen and oxygen atoms in total. The van der Waals surface area contributed by atoms with Crippen LogP contribution < -0.4 is 10.6 Å². The van der Waals surface area contributed by atoms with Crippen LogP contribution in [0, 0.1) is 11.8 Å². The van der Waals surface area contributed by atoms with Gasteiger partial charge in [0.25, 0.3) is 0 Å². The molecule has 0 aromatic heterocycles. The highest BCUT2D eigenvalue weighted by atomic mass is 16.1. The van der Waals surface area contributed by atoms with Crippen LogP contribution in [-0.4, -0.2) is 38.0 Å². The minimum atomic E-state index is 0.0763. The van der Waals surface area contributed by atoms with Gasteiger partial charge >= 0.3 is 0 Å². The normalized spacial score (nSPS) is 22.7. The number of rotatable bonds is 4. The molecular formula is C15H23N3O. The number of nitrogens with one attached hydrogen (secondary N) is 2. The average Bonchev–Trinajstić information content (AvgIpc) is 2.77. The largest absolute Gasteiger partial charge is 0.325 e. The Morgan fingerprint density at radius 3 is 2.74 bits per heavy atom. The number of carbonyl (C=O) groups is 1. The zero-order chi connectivity index (χ0) is 13.8. The van der Waals surface area contributed by atoms with Gasteiger partial charge in [0.2, 0.25) is 5.91 Å². The molecular weight excluding hydrogens is 238 g/mol. The molecule has 1 fully saturated rings. The summed E-state index contributed by atoms with van der Waals surface area (Å²) in [4.78, 5) is 14.4. The first-order valence-corrected chi connectivity index (χ1v) is 6.82. The van der Waals surface area contributed by atoms with Crippen molar-refractivity contribution in [2.24, 2.45) is 11.8 Å². The number of benzene rings is 1. The fourth-order valence-corrected chi connectivity index (χ4v) is 2.51. The van der Waals surface area contributed by atoms with Crippen molar-refractivity contribution < 1.29 is 4.79 Å². The summed E-state index contributed by atoms with van der Waals surface area (Å²) in [5.74, 6) is 0.608. The maximum atomic E-state index is 12.3. The highest BCUT2D eigenvalue weighted by Crippen LogP contribution is 2.21. The van der Waals surface area contributed by atoms with Crippen LogP contribution in [0.3, 0.4) is 0 Å². The molecule has 1 aromatic carbocycles. The summed E-state index contributed by atoms with van der Waals surface area (Å²) < 4.78 is 0. The van der Waals surface area contributed by atoms with Gasteiger partial charge in [-0.15, -0.1) is 0 Å². The zero-order valence-electron chi connectivity index (χ0n) is 11.9. The van der Waals surface area contributed by atoms with E-state index in [-0.39, 0.29) is 11.8 Å². The van der Waals surface area contributed by atoms with Crippen molar-refractivity contribution in [2.45, 2.75) is 13.5 Å². The van der Waals surface area contributed by atoms with Crippen molar-refractivity contribution >= 4 is 11.6 Å². The molecule has 0 bridgehead atoms. The molecule has 0 unspecified atom stereocenters. The Balaban J connectivity index is 2.08. The van der Waals surface area contributed by atoms with E-state index in [2.05, 4.69) is 28.5 Å². The van der Waals surface area contributed by atoms with Crippen LogP contribution in [0.1, 0.15) is 12.5 Å². The quantitative estimate of drug-likeness (QED) is 0.864. The second kappa shape index (κ2) is 6.17. The van der Waals surface area contributed by atoms with E-state index in [1.807, 2.05) is 32.3 Å². The number of amides is 1. The molecule has 1 amide bonds. The van der Waals surface area contributed by atoms with Crippen LogP contribution in [-0.2, 0) is 11.3 Å². The Bertz CT molecular complexity index is 445. The molecule has 1 aromatic rings. The Kier molecular flexibility index (Phi) is 4.56. The Morgan fingerprint density at radius 1 is 1.37 bits per heavy atom. The summed E-state index contributed by atoms with van der Waals surface area (Å²) in [7, 11) is 4.06. The van der Waals surface area contributed by atoms with E-state index >= 15 is 0 Å². The molecule has 2 N–H and O–H groups in total. The summed E-state index contributed by atoms with van der Waals surface area (Å²) in [5, 5.41) is 6.35. The van der Waals surface area contributed by atoms with Gasteiger partial charge in [-0.2, -0.15) is 0 Å². The lowest BCUT2D eigenvalue weighted by molar-refractivity contribution is -0.120. The lowest BCUT2D eigenvalue weighted by Crippen LogP contribution is -2.28. The standard InChI is InChI=1S/C15H23N3O/c1-11-8-16-9-13(11)15(19)17-14-7-5-4-6-12(14)10-18(2)3/h4-7,11,13,16H,8-10H2,1-3H3,(H,17,19)/t11-,13-/m1/s1. The number of hydrogen-bond acceptors (Lipinski definition) is 3. The van der Waals surface area contributed by atoms with Crippen LogP contribution >= 0.6 is 0 Å². The third-order valence-corrected chi connectivity index (χ3v) is 3.62. The van der Waals surface area contributed by atoms with E-state index in [9.17, 15) is 4.79 Å². The number of nitrogens with zero attached hydrogens (tertiary/aromatic N) is 1. The first kappa shape index (κ1) is 14.0. The molecule has 1 aliphatic heterocycles. The SMILES string of the molecule is C[C@@H]1CNC[C@H]1C(=O)Nc1ccccc1CN(C)C. The van der Waals surface area contributed by atoms with E-state index in [1.54, 1.807) is 0 Å². The molecule has 1 aliphatic rings. The second-order valence-corrected chi connectivity index (χ2v) is 5.63. The van der Waals surface area contributed by atoms with Crippen molar-refractivity contribution in [3.8, 4) is 0 Å². The number of anilines is 1. The predicted octanol–water partition coefficient (Wildman–Crippen LogP) is 1.54. The maximum Gasteiger partial charge on any atom is 0.229 e. The fourth-order valence-electron chi connectivity index (χ4n) is 2.51. The van der Waals surface area contributed by atoms with Gasteiger partial charge in [0.05, 0.1) is 5.92 Å². The molecule has 0 spiro atoms. The summed E-state index contributed by atoms with van der Waals surface area (Å²) >= 11 is 0. The van der Waals surface area contributed by atoms with Crippen molar-refractivity contribution in [2.75, 3.05) is 32.5 Å². The van der Waals surface area contributed by atoms with Gasteiger partial charge in [-0.1, -0.05) is 25.1 Å². The van der Waals surface area contributed by atoms with Crippen molar-refractivity contribution in [1.82, 2.24) is 10.2 Å². The molecule has 0 aliphatic carbocycles. The minimum Gasteiger partial charge on any atom is -0.325 e. The van der Waals surface area contributed by atoms with Gasteiger partial charge in [0.15, 0.2) is 0 Å². The molecule has 2 atom stereocenters. The molecule has 104 valence electrons. The fraction of sp³-hybridized carbons (Fsp3) is 0.533. The third-order valence-electron chi connectivity index (χ3n) is 3.62. The second-order valence-electron chi connectivity index (χ2n) is 5.63. The summed E-state index contributed by atoms with van der Waals surface area (Å²) in [6.45, 7) is 4.66. The summed E-state index contributed by atoms with van der Waals surface area (Å²) in [6.07, 6.45) is 0. The van der Waals surface area contributed by atoms with Crippen LogP contribution in [0.2, 0.25) is 0 Å². The lowest BCUT2D eigenvalue weighted by Gasteiger charge is -2.18. The highest BCUT2D eigenvalue weighted by molar-refractivity contribution is 5.93. The van der Waals surface area contributed by atoms with Crippen LogP contribution in [0.4, 0.5) is 5.69 Å². The van der Waals surface area contributed by atoms with Gasteiger partial charge in [-0.05, 0) is 38.2 Å². The minimum absolute atomic E-state index is 0.0763. The van der Waals surface area contributed by atoms with Crippen LogP contribution in [0.15, 0.2) is 24.3 Å². The Labute approximate surface area is 115 Å². The number of carbonyl (C=O) groups excluding carboxylic acids is 1. The topological polar surface area (TPSA) is 44.4 Å². The first-order chi connectivity index (χ1) is 9.08. The van der Waals surface area contributed by atoms with Gasteiger partial charge in [-0.25, -0.2) is 0 Å². The molecule has 1 heterocycles. The monoisotopic (exact) mass is 261 g/mol. The lowest BCUT2D eigenvalue weighted by atomic mass is 9.97. The smallest absolute Gasteiger partial charge is 0.229 e. The van der Waals surface area contributed by atoms with E-state index in [0.29, 0.717) is 5.92 Å². The first-order valence-electron chi connectivity index (χ1n) is 6.82. The maximum absolute atomic E-state index is 12.3. The number of para-hydroxylation sites is 1. The molecule has 2 rings (SSSR count). The van der Waals surface area contributed by atoms with Crippen LogP contribution in [0.5, 0.6) is 0 Å². The molecule has 1 saturated heterocycles. The van der Waals surface area contributed by atoms with Crippen LogP contribution in [0.25, 0.3) is 0 Å². The van der Waals surface area contributed by atoms with Crippen molar-refractivity contribution in [1.29, 1.82) is 0 Å². The molecule has 4 heteroatoms. The third kappa shape index (κ3) is 3.55.